The van der Waals surface area contributed by atoms with Crippen molar-refractivity contribution >= 4 is 62.3 Å². The van der Waals surface area contributed by atoms with Crippen LogP contribution in [0.3, 0.4) is 0 Å². The van der Waals surface area contributed by atoms with Crippen LogP contribution in [0.25, 0.3) is 0 Å². The minimum atomic E-state index is -4.22. The summed E-state index contributed by atoms with van der Waals surface area (Å²) in [6, 6.07) is 15.2. The van der Waals surface area contributed by atoms with E-state index in [-0.39, 0.29) is 29.5 Å². The molecule has 0 radical (unpaired) electrons. The number of carbonyl (C=O) groups is 2. The predicted octanol–water partition coefficient (Wildman–Crippen LogP) is 7.18. The summed E-state index contributed by atoms with van der Waals surface area (Å²) in [5.41, 5.74) is 1.64. The van der Waals surface area contributed by atoms with Gasteiger partial charge in [-0.25, -0.2) is 8.42 Å². The lowest BCUT2D eigenvalue weighted by molar-refractivity contribution is -0.141. The number of halogens is 3. The Labute approximate surface area is 263 Å². The quantitative estimate of drug-likeness (QED) is 0.251. The molecule has 42 heavy (non-hydrogen) atoms. The molecule has 2 amide bonds. The lowest BCUT2D eigenvalue weighted by Crippen LogP contribution is -2.55. The number of nitrogens with one attached hydrogen (secondary N) is 1. The van der Waals surface area contributed by atoms with E-state index in [9.17, 15) is 18.0 Å². The van der Waals surface area contributed by atoms with E-state index in [4.69, 9.17) is 34.8 Å². The highest BCUT2D eigenvalue weighted by Crippen LogP contribution is 2.32. The zero-order valence-electron chi connectivity index (χ0n) is 24.5. The first-order chi connectivity index (χ1) is 19.5. The zero-order valence-corrected chi connectivity index (χ0v) is 27.6. The first kappa shape index (κ1) is 33.7. The molecule has 3 aromatic rings. The van der Waals surface area contributed by atoms with Gasteiger partial charge >= 0.3 is 0 Å². The second kappa shape index (κ2) is 13.7. The average molecular weight is 653 g/mol. The number of hydrogen-bond acceptors (Lipinski definition) is 4. The van der Waals surface area contributed by atoms with E-state index in [2.05, 4.69) is 5.32 Å². The van der Waals surface area contributed by atoms with Crippen molar-refractivity contribution < 1.29 is 18.0 Å². The standard InChI is InChI=1S/C31H36Cl3N3O4S/c1-7-27(30(39)35-31(4,5)6)36(18-22-13-14-23(32)17-26(22)34)29(38)19-37(28-10-8-9-25(33)21(28)3)42(40,41)24-15-11-20(2)12-16-24/h8-17,27H,7,18-19H2,1-6H3,(H,35,39). The summed E-state index contributed by atoms with van der Waals surface area (Å²) in [4.78, 5) is 29.1. The number of anilines is 1. The van der Waals surface area contributed by atoms with Crippen molar-refractivity contribution in [2.24, 2.45) is 0 Å². The van der Waals surface area contributed by atoms with Crippen LogP contribution in [0.2, 0.25) is 15.1 Å². The number of amides is 2. The number of hydrogen-bond donors (Lipinski definition) is 1. The highest BCUT2D eigenvalue weighted by molar-refractivity contribution is 7.92. The fourth-order valence-electron chi connectivity index (χ4n) is 4.42. The highest BCUT2D eigenvalue weighted by Gasteiger charge is 2.35. The third-order valence-corrected chi connectivity index (χ3v) is 9.41. The van der Waals surface area contributed by atoms with Crippen molar-refractivity contribution in [1.29, 1.82) is 0 Å². The van der Waals surface area contributed by atoms with Crippen LogP contribution in [0, 0.1) is 13.8 Å². The molecule has 3 rings (SSSR count). The molecule has 0 saturated heterocycles. The Kier molecular flexibility index (Phi) is 11.0. The van der Waals surface area contributed by atoms with Gasteiger partial charge in [0.05, 0.1) is 10.6 Å². The van der Waals surface area contributed by atoms with Crippen LogP contribution >= 0.6 is 34.8 Å². The summed E-state index contributed by atoms with van der Waals surface area (Å²) >= 11 is 19.0. The summed E-state index contributed by atoms with van der Waals surface area (Å²) in [6.07, 6.45) is 0.278. The van der Waals surface area contributed by atoms with Gasteiger partial charge in [-0.05, 0) is 88.6 Å². The number of rotatable bonds is 10. The molecule has 0 bridgehead atoms. The van der Waals surface area contributed by atoms with Gasteiger partial charge in [0.2, 0.25) is 11.8 Å². The number of benzene rings is 3. The molecule has 0 aliphatic heterocycles. The van der Waals surface area contributed by atoms with Crippen LogP contribution in [-0.4, -0.2) is 43.3 Å². The molecular formula is C31H36Cl3N3O4S. The molecular weight excluding hydrogens is 617 g/mol. The molecule has 1 atom stereocenters. The SMILES string of the molecule is CCC(C(=O)NC(C)(C)C)N(Cc1ccc(Cl)cc1Cl)C(=O)CN(c1cccc(Cl)c1C)S(=O)(=O)c1ccc(C)cc1. The van der Waals surface area contributed by atoms with Crippen molar-refractivity contribution in [1.82, 2.24) is 10.2 Å². The van der Waals surface area contributed by atoms with E-state index >= 15 is 0 Å². The van der Waals surface area contributed by atoms with Crippen LogP contribution < -0.4 is 9.62 Å². The minimum absolute atomic E-state index is 0.0186. The Balaban J connectivity index is 2.14. The third kappa shape index (κ3) is 8.19. The van der Waals surface area contributed by atoms with Gasteiger partial charge in [-0.15, -0.1) is 0 Å². The molecule has 7 nitrogen and oxygen atoms in total. The Hall–Kier alpha value is -2.78. The smallest absolute Gasteiger partial charge is 0.264 e. The Morgan fingerprint density at radius 3 is 2.14 bits per heavy atom. The minimum Gasteiger partial charge on any atom is -0.350 e. The predicted molar refractivity (Wildman–Crippen MR) is 171 cm³/mol. The zero-order chi connectivity index (χ0) is 31.4. The molecule has 0 aliphatic rings. The van der Waals surface area contributed by atoms with E-state index in [1.165, 1.54) is 17.0 Å². The summed E-state index contributed by atoms with van der Waals surface area (Å²) in [5.74, 6) is -0.956. The number of sulfonamides is 1. The summed E-state index contributed by atoms with van der Waals surface area (Å²) < 4.78 is 29.2. The van der Waals surface area contributed by atoms with E-state index in [0.717, 1.165) is 9.87 Å². The van der Waals surface area contributed by atoms with Gasteiger partial charge in [0.1, 0.15) is 12.6 Å². The normalized spacial score (nSPS) is 12.5. The van der Waals surface area contributed by atoms with Crippen molar-refractivity contribution in [3.05, 3.63) is 92.4 Å². The molecule has 0 aromatic heterocycles. The number of carbonyl (C=O) groups excluding carboxylic acids is 2. The molecule has 11 heteroatoms. The maximum atomic E-state index is 14.2. The fourth-order valence-corrected chi connectivity index (χ4v) is 6.53. The molecule has 0 aliphatic carbocycles. The summed E-state index contributed by atoms with van der Waals surface area (Å²) in [7, 11) is -4.22. The van der Waals surface area contributed by atoms with Crippen molar-refractivity contribution in [2.75, 3.05) is 10.8 Å². The molecule has 0 heterocycles. The van der Waals surface area contributed by atoms with E-state index in [1.807, 2.05) is 27.7 Å². The maximum absolute atomic E-state index is 14.2. The van der Waals surface area contributed by atoms with E-state index in [0.29, 0.717) is 26.2 Å². The number of aryl methyl sites for hydroxylation is 1. The first-order valence-electron chi connectivity index (χ1n) is 13.4. The van der Waals surface area contributed by atoms with Gasteiger partial charge in [0.25, 0.3) is 10.0 Å². The Morgan fingerprint density at radius 2 is 1.57 bits per heavy atom. The van der Waals surface area contributed by atoms with Gasteiger partial charge in [-0.2, -0.15) is 0 Å². The maximum Gasteiger partial charge on any atom is 0.264 e. The Bertz CT molecular complexity index is 1550. The fraction of sp³-hybridized carbons (Fsp3) is 0.355. The second-order valence-electron chi connectivity index (χ2n) is 11.1. The van der Waals surface area contributed by atoms with Gasteiger partial charge in [-0.3, -0.25) is 13.9 Å². The van der Waals surface area contributed by atoms with Crippen LogP contribution in [0.1, 0.15) is 50.8 Å². The largest absolute Gasteiger partial charge is 0.350 e. The van der Waals surface area contributed by atoms with Crippen molar-refractivity contribution in [2.45, 2.75) is 71.0 Å². The third-order valence-electron chi connectivity index (χ3n) is 6.64. The van der Waals surface area contributed by atoms with Gasteiger partial charge in [0.15, 0.2) is 0 Å². The van der Waals surface area contributed by atoms with Crippen molar-refractivity contribution in [3.8, 4) is 0 Å². The molecule has 1 N–H and O–H groups in total. The molecule has 1 unspecified atom stereocenters. The molecule has 0 fully saturated rings. The van der Waals surface area contributed by atoms with Crippen LogP contribution in [-0.2, 0) is 26.2 Å². The lowest BCUT2D eigenvalue weighted by atomic mass is 10.1. The highest BCUT2D eigenvalue weighted by atomic mass is 35.5. The number of nitrogens with zero attached hydrogens (tertiary/aromatic N) is 2. The van der Waals surface area contributed by atoms with Crippen molar-refractivity contribution in [3.63, 3.8) is 0 Å². The molecule has 226 valence electrons. The van der Waals surface area contributed by atoms with Crippen LogP contribution in [0.15, 0.2) is 65.6 Å². The molecule has 3 aromatic carbocycles. The van der Waals surface area contributed by atoms with E-state index < -0.39 is 34.1 Å². The van der Waals surface area contributed by atoms with Gasteiger partial charge < -0.3 is 10.2 Å². The molecule has 0 spiro atoms. The van der Waals surface area contributed by atoms with Crippen LogP contribution in [0.4, 0.5) is 5.69 Å². The van der Waals surface area contributed by atoms with Gasteiger partial charge in [0, 0.05) is 27.2 Å². The summed E-state index contributed by atoms with van der Waals surface area (Å²) in [6.45, 7) is 10.2. The first-order valence-corrected chi connectivity index (χ1v) is 16.0. The summed E-state index contributed by atoms with van der Waals surface area (Å²) in [5, 5.41) is 4.04. The Morgan fingerprint density at radius 1 is 0.929 bits per heavy atom. The topological polar surface area (TPSA) is 86.8 Å². The molecule has 0 saturated carbocycles. The van der Waals surface area contributed by atoms with Gasteiger partial charge in [-0.1, -0.05) is 71.6 Å². The van der Waals surface area contributed by atoms with E-state index in [1.54, 1.807) is 62.4 Å². The monoisotopic (exact) mass is 651 g/mol. The van der Waals surface area contributed by atoms with Crippen LogP contribution in [0.5, 0.6) is 0 Å². The average Bonchev–Trinajstić information content (AvgIpc) is 2.89. The second-order valence-corrected chi connectivity index (χ2v) is 14.2. The lowest BCUT2D eigenvalue weighted by Gasteiger charge is -2.35.